The van der Waals surface area contributed by atoms with E-state index in [2.05, 4.69) is 5.32 Å². The summed E-state index contributed by atoms with van der Waals surface area (Å²) < 4.78 is 39.4. The lowest BCUT2D eigenvalue weighted by Crippen LogP contribution is -2.34. The van der Waals surface area contributed by atoms with E-state index in [1.807, 2.05) is 0 Å². The molecule has 8 heteroatoms. The summed E-state index contributed by atoms with van der Waals surface area (Å²) in [5, 5.41) is 13.2. The highest BCUT2D eigenvalue weighted by Crippen LogP contribution is 2.41. The van der Waals surface area contributed by atoms with Crippen molar-refractivity contribution in [2.24, 2.45) is 0 Å². The van der Waals surface area contributed by atoms with Crippen LogP contribution >= 0.6 is 0 Å². The molecule has 1 atom stereocenters. The number of benzene rings is 1. The number of non-ortho nitro benzene ring substituents is 1. The van der Waals surface area contributed by atoms with Crippen LogP contribution in [0.5, 0.6) is 0 Å². The number of hydrogen-bond acceptors (Lipinski definition) is 4. The minimum atomic E-state index is -4.59. The molecule has 5 nitrogen and oxygen atoms in total. The van der Waals surface area contributed by atoms with E-state index in [-0.39, 0.29) is 29.2 Å². The minimum Gasteiger partial charge on any atom is -0.355 e. The van der Waals surface area contributed by atoms with Crippen LogP contribution in [-0.4, -0.2) is 16.9 Å². The van der Waals surface area contributed by atoms with E-state index >= 15 is 0 Å². The van der Waals surface area contributed by atoms with Gasteiger partial charge in [0.25, 0.3) is 5.69 Å². The van der Waals surface area contributed by atoms with Crippen molar-refractivity contribution >= 4 is 11.5 Å². The van der Waals surface area contributed by atoms with Gasteiger partial charge in [0.05, 0.1) is 4.92 Å². The van der Waals surface area contributed by atoms with Gasteiger partial charge in [-0.2, -0.15) is 13.2 Å². The number of rotatable bonds is 2. The van der Waals surface area contributed by atoms with E-state index in [1.54, 1.807) is 0 Å². The largest absolute Gasteiger partial charge is 0.430 e. The quantitative estimate of drug-likeness (QED) is 0.659. The molecule has 2 aliphatic rings. The van der Waals surface area contributed by atoms with Crippen molar-refractivity contribution < 1.29 is 22.9 Å². The molecule has 1 aliphatic heterocycles. The number of nitrogens with one attached hydrogen (secondary N) is 1. The first-order chi connectivity index (χ1) is 11.3. The number of ketones is 1. The molecule has 1 unspecified atom stereocenters. The summed E-state index contributed by atoms with van der Waals surface area (Å²) in [6.45, 7) is 0. The zero-order valence-electron chi connectivity index (χ0n) is 12.4. The van der Waals surface area contributed by atoms with E-state index in [0.717, 1.165) is 6.08 Å². The van der Waals surface area contributed by atoms with Crippen molar-refractivity contribution in [2.75, 3.05) is 0 Å². The molecule has 126 valence electrons. The van der Waals surface area contributed by atoms with Crippen molar-refractivity contribution in [2.45, 2.75) is 31.4 Å². The Labute approximate surface area is 135 Å². The van der Waals surface area contributed by atoms with Gasteiger partial charge in [-0.3, -0.25) is 14.9 Å². The molecule has 24 heavy (non-hydrogen) atoms. The Hall–Kier alpha value is -2.64. The maximum absolute atomic E-state index is 13.1. The summed E-state index contributed by atoms with van der Waals surface area (Å²) in [6, 6.07) is 5.38. The summed E-state index contributed by atoms with van der Waals surface area (Å²) in [5.74, 6) is -1.16. The van der Waals surface area contributed by atoms with E-state index < -0.39 is 22.7 Å². The predicted molar refractivity (Wildman–Crippen MR) is 79.0 cm³/mol. The van der Waals surface area contributed by atoms with Crippen LogP contribution in [0.1, 0.15) is 30.7 Å². The van der Waals surface area contributed by atoms with Gasteiger partial charge >= 0.3 is 6.18 Å². The van der Waals surface area contributed by atoms with Gasteiger partial charge in [-0.15, -0.1) is 0 Å². The fourth-order valence-corrected chi connectivity index (χ4v) is 3.07. The molecule has 0 fully saturated rings. The van der Waals surface area contributed by atoms with Gasteiger partial charge in [-0.1, -0.05) is 12.1 Å². The first-order valence-electron chi connectivity index (χ1n) is 7.34. The Balaban J connectivity index is 2.13. The number of alkyl halides is 3. The number of carbonyl (C=O) groups is 1. The average molecular weight is 338 g/mol. The van der Waals surface area contributed by atoms with Crippen molar-refractivity contribution in [3.05, 3.63) is 63.0 Å². The number of carbonyl (C=O) groups excluding carboxylic acids is 1. The van der Waals surface area contributed by atoms with Gasteiger partial charge in [0.15, 0.2) is 5.78 Å². The molecule has 1 N–H and O–H groups in total. The molecule has 0 saturated carbocycles. The van der Waals surface area contributed by atoms with Crippen molar-refractivity contribution in [1.29, 1.82) is 0 Å². The van der Waals surface area contributed by atoms with Gasteiger partial charge in [0, 0.05) is 35.7 Å². The Morgan fingerprint density at radius 3 is 2.67 bits per heavy atom. The molecule has 0 spiro atoms. The van der Waals surface area contributed by atoms with E-state index in [0.29, 0.717) is 18.4 Å². The highest BCUT2D eigenvalue weighted by atomic mass is 19.4. The monoisotopic (exact) mass is 338 g/mol. The van der Waals surface area contributed by atoms with Crippen LogP contribution < -0.4 is 5.32 Å². The number of nitrogens with zero attached hydrogens (tertiary/aromatic N) is 1. The molecular weight excluding hydrogens is 325 g/mol. The number of allylic oxidation sites excluding steroid dienone is 4. The number of dihydropyridines is 1. The van der Waals surface area contributed by atoms with Crippen LogP contribution in [-0.2, 0) is 4.79 Å². The summed E-state index contributed by atoms with van der Waals surface area (Å²) in [5.41, 5.74) is -0.326. The molecule has 3 rings (SSSR count). The van der Waals surface area contributed by atoms with Crippen LogP contribution in [0.15, 0.2) is 47.3 Å². The fraction of sp³-hybridized carbons (Fsp3) is 0.312. The third-order valence-corrected chi connectivity index (χ3v) is 4.13. The summed E-state index contributed by atoms with van der Waals surface area (Å²) in [4.78, 5) is 22.6. The van der Waals surface area contributed by atoms with Crippen LogP contribution in [0.2, 0.25) is 0 Å². The maximum Gasteiger partial charge on any atom is 0.430 e. The first-order valence-corrected chi connectivity index (χ1v) is 7.34. The minimum absolute atomic E-state index is 0.224. The standard InChI is InChI=1S/C16H13F3N2O3/c17-16(18,19)14-8-11(9-3-1-4-10(7-9)21(23)24)15-12(20-14)5-2-6-13(15)22/h1,3-4,7-8,11,20H,2,5-6H2. The Morgan fingerprint density at radius 1 is 1.25 bits per heavy atom. The molecule has 1 aromatic rings. The van der Waals surface area contributed by atoms with Crippen molar-refractivity contribution in [1.82, 2.24) is 5.32 Å². The van der Waals surface area contributed by atoms with Crippen molar-refractivity contribution in [3.63, 3.8) is 0 Å². The molecule has 0 radical (unpaired) electrons. The third-order valence-electron chi connectivity index (χ3n) is 4.13. The van der Waals surface area contributed by atoms with Crippen LogP contribution in [0.3, 0.4) is 0 Å². The zero-order valence-corrected chi connectivity index (χ0v) is 12.4. The van der Waals surface area contributed by atoms with Gasteiger partial charge in [0.2, 0.25) is 0 Å². The van der Waals surface area contributed by atoms with Crippen LogP contribution in [0.4, 0.5) is 18.9 Å². The van der Waals surface area contributed by atoms with Gasteiger partial charge in [-0.25, -0.2) is 0 Å². The molecule has 0 aromatic heterocycles. The van der Waals surface area contributed by atoms with E-state index in [4.69, 9.17) is 0 Å². The second-order valence-electron chi connectivity index (χ2n) is 5.70. The molecule has 0 saturated heterocycles. The second-order valence-corrected chi connectivity index (χ2v) is 5.70. The molecule has 0 amide bonds. The second kappa shape index (κ2) is 5.77. The summed E-state index contributed by atoms with van der Waals surface area (Å²) in [7, 11) is 0. The number of hydrogen-bond donors (Lipinski definition) is 1. The molecule has 1 heterocycles. The maximum atomic E-state index is 13.1. The summed E-state index contributed by atoms with van der Waals surface area (Å²) in [6.07, 6.45) is -2.56. The van der Waals surface area contributed by atoms with Crippen LogP contribution in [0, 0.1) is 10.1 Å². The molecular formula is C16H13F3N2O3. The fourth-order valence-electron chi connectivity index (χ4n) is 3.07. The zero-order chi connectivity index (χ0) is 17.5. The SMILES string of the molecule is O=C1CCCC2=C1C(c1cccc([N+](=O)[O-])c1)C=C(C(F)(F)F)N2. The Kier molecular flexibility index (Phi) is 3.90. The van der Waals surface area contributed by atoms with Gasteiger partial charge in [0.1, 0.15) is 5.70 Å². The van der Waals surface area contributed by atoms with Crippen molar-refractivity contribution in [3.8, 4) is 0 Å². The highest BCUT2D eigenvalue weighted by molar-refractivity contribution is 5.99. The van der Waals surface area contributed by atoms with Crippen LogP contribution in [0.25, 0.3) is 0 Å². The molecule has 1 aromatic carbocycles. The number of Topliss-reactive ketones (excluding diaryl/α,β-unsaturated/α-hetero) is 1. The van der Waals surface area contributed by atoms with Gasteiger partial charge in [-0.05, 0) is 24.5 Å². The number of halogens is 3. The lowest BCUT2D eigenvalue weighted by atomic mass is 9.79. The highest BCUT2D eigenvalue weighted by Gasteiger charge is 2.41. The first kappa shape index (κ1) is 16.2. The third kappa shape index (κ3) is 2.91. The molecule has 1 aliphatic carbocycles. The van der Waals surface area contributed by atoms with E-state index in [9.17, 15) is 28.1 Å². The lowest BCUT2D eigenvalue weighted by molar-refractivity contribution is -0.384. The topological polar surface area (TPSA) is 72.2 Å². The smallest absolute Gasteiger partial charge is 0.355 e. The Morgan fingerprint density at radius 2 is 2.00 bits per heavy atom. The number of nitro groups is 1. The number of nitro benzene ring substituents is 1. The normalized spacial score (nSPS) is 21.0. The lowest BCUT2D eigenvalue weighted by Gasteiger charge is -2.32. The molecule has 0 bridgehead atoms. The predicted octanol–water partition coefficient (Wildman–Crippen LogP) is 3.73. The Bertz CT molecular complexity index is 781. The summed E-state index contributed by atoms with van der Waals surface area (Å²) >= 11 is 0. The van der Waals surface area contributed by atoms with E-state index in [1.165, 1.54) is 24.3 Å². The average Bonchev–Trinajstić information content (AvgIpc) is 2.53. The van der Waals surface area contributed by atoms with Gasteiger partial charge < -0.3 is 5.32 Å².